The van der Waals surface area contributed by atoms with Crippen LogP contribution in [0.1, 0.15) is 0 Å². The summed E-state index contributed by atoms with van der Waals surface area (Å²) in [6.45, 7) is 3.84. The van der Waals surface area contributed by atoms with Crippen molar-refractivity contribution in [1.29, 1.82) is 0 Å². The zero-order valence-corrected chi connectivity index (χ0v) is 14.9. The number of fused-ring (bicyclic) bond motifs is 3. The third kappa shape index (κ3) is 2.35. The van der Waals surface area contributed by atoms with Gasteiger partial charge in [0, 0.05) is 10.0 Å². The molecule has 2 aromatic rings. The Morgan fingerprint density at radius 3 is 2.91 bits per heavy atom. The van der Waals surface area contributed by atoms with Crippen molar-refractivity contribution in [2.75, 3.05) is 17.1 Å². The zero-order valence-electron chi connectivity index (χ0n) is 11.7. The molecule has 0 aliphatic carbocycles. The van der Waals surface area contributed by atoms with Crippen molar-refractivity contribution >= 4 is 43.4 Å². The fourth-order valence-electron chi connectivity index (χ4n) is 2.31. The number of hydrogen-bond donors (Lipinski definition) is 0. The van der Waals surface area contributed by atoms with Gasteiger partial charge in [0.25, 0.3) is 10.0 Å². The van der Waals surface area contributed by atoms with Crippen LogP contribution in [-0.2, 0) is 10.0 Å². The molecule has 1 aliphatic heterocycles. The molecule has 0 saturated carbocycles. The molecule has 0 fully saturated rings. The van der Waals surface area contributed by atoms with E-state index >= 15 is 0 Å². The lowest BCUT2D eigenvalue weighted by Crippen LogP contribution is -2.35. The zero-order chi connectivity index (χ0) is 15.9. The van der Waals surface area contributed by atoms with Gasteiger partial charge in [-0.1, -0.05) is 33.8 Å². The lowest BCUT2D eigenvalue weighted by Gasteiger charge is -2.30. The number of aromatic nitrogens is 2. The number of hydrogen-bond acceptors (Lipinski definition) is 5. The van der Waals surface area contributed by atoms with Crippen molar-refractivity contribution in [3.8, 4) is 11.3 Å². The molecule has 0 saturated heterocycles. The maximum Gasteiger partial charge on any atom is 0.268 e. The molecular weight excluding hydrogens is 386 g/mol. The normalized spacial score (nSPS) is 15.1. The Morgan fingerprint density at radius 2 is 2.23 bits per heavy atom. The average molecular weight is 398 g/mol. The third-order valence-corrected chi connectivity index (χ3v) is 6.10. The van der Waals surface area contributed by atoms with Crippen molar-refractivity contribution in [3.63, 3.8) is 0 Å². The van der Waals surface area contributed by atoms with Crippen LogP contribution in [0.15, 0.2) is 51.6 Å². The van der Waals surface area contributed by atoms with Gasteiger partial charge in [-0.15, -0.1) is 6.58 Å². The highest BCUT2D eigenvalue weighted by Crippen LogP contribution is 2.43. The Hall–Kier alpha value is -1.38. The first-order valence-corrected chi connectivity index (χ1v) is 9.79. The molecule has 3 rings (SSSR count). The predicted molar refractivity (Wildman–Crippen MR) is 91.7 cm³/mol. The van der Waals surface area contributed by atoms with Gasteiger partial charge < -0.3 is 0 Å². The average Bonchev–Trinajstić information content (AvgIpc) is 2.50. The molecular formula is C14H12BrN3O2S2. The molecule has 1 aliphatic rings. The number of rotatable bonds is 3. The molecule has 0 unspecified atom stereocenters. The van der Waals surface area contributed by atoms with E-state index in [9.17, 15) is 8.42 Å². The summed E-state index contributed by atoms with van der Waals surface area (Å²) in [7, 11) is -3.69. The summed E-state index contributed by atoms with van der Waals surface area (Å²) in [5, 5.41) is 0.542. The number of thioether (sulfide) groups is 1. The summed E-state index contributed by atoms with van der Waals surface area (Å²) in [5.74, 6) is 0. The Kier molecular flexibility index (Phi) is 4.00. The van der Waals surface area contributed by atoms with Gasteiger partial charge in [0.2, 0.25) is 0 Å². The van der Waals surface area contributed by atoms with E-state index in [4.69, 9.17) is 0 Å². The van der Waals surface area contributed by atoms with Gasteiger partial charge in [-0.05, 0) is 24.5 Å². The fraction of sp³-hybridized carbons (Fsp3) is 0.143. The third-order valence-electron chi connectivity index (χ3n) is 3.26. The van der Waals surface area contributed by atoms with E-state index in [1.807, 2.05) is 18.4 Å². The minimum Gasteiger partial charge on any atom is -0.262 e. The molecule has 8 heteroatoms. The molecule has 1 aromatic heterocycles. The molecule has 22 heavy (non-hydrogen) atoms. The summed E-state index contributed by atoms with van der Waals surface area (Å²) < 4.78 is 27.8. The Morgan fingerprint density at radius 1 is 1.45 bits per heavy atom. The Labute approximate surface area is 141 Å². The summed E-state index contributed by atoms with van der Waals surface area (Å²) >= 11 is 4.77. The number of benzene rings is 1. The highest BCUT2D eigenvalue weighted by molar-refractivity contribution is 9.10. The van der Waals surface area contributed by atoms with Crippen molar-refractivity contribution < 1.29 is 8.42 Å². The number of halogens is 1. The van der Waals surface area contributed by atoms with Crippen LogP contribution < -0.4 is 4.31 Å². The van der Waals surface area contributed by atoms with Crippen molar-refractivity contribution in [2.24, 2.45) is 0 Å². The summed E-state index contributed by atoms with van der Waals surface area (Å²) in [6, 6.07) is 5.51. The molecule has 5 nitrogen and oxygen atoms in total. The van der Waals surface area contributed by atoms with Gasteiger partial charge >= 0.3 is 0 Å². The van der Waals surface area contributed by atoms with E-state index in [2.05, 4.69) is 32.5 Å². The Balaban J connectivity index is 2.37. The number of nitrogens with zero attached hydrogens (tertiary/aromatic N) is 3. The lowest BCUT2D eigenvalue weighted by molar-refractivity contribution is 0.590. The second kappa shape index (κ2) is 5.68. The van der Waals surface area contributed by atoms with Gasteiger partial charge in [-0.25, -0.2) is 18.4 Å². The Bertz CT molecular complexity index is 868. The quantitative estimate of drug-likeness (QED) is 0.451. The molecule has 0 spiro atoms. The minimum atomic E-state index is -3.69. The van der Waals surface area contributed by atoms with Gasteiger partial charge in [0.05, 0.1) is 24.1 Å². The summed E-state index contributed by atoms with van der Waals surface area (Å²) in [4.78, 5) is 8.63. The predicted octanol–water partition coefficient (Wildman–Crippen LogP) is 3.32. The maximum atomic E-state index is 12.8. The lowest BCUT2D eigenvalue weighted by atomic mass is 10.1. The van der Waals surface area contributed by atoms with Gasteiger partial charge in [-0.2, -0.15) is 0 Å². The minimum absolute atomic E-state index is 0.127. The monoisotopic (exact) mass is 397 g/mol. The first kappa shape index (κ1) is 15.5. The second-order valence-corrected chi connectivity index (χ2v) is 8.08. The maximum absolute atomic E-state index is 12.8. The van der Waals surface area contributed by atoms with Crippen LogP contribution in [-0.4, -0.2) is 31.2 Å². The largest absolute Gasteiger partial charge is 0.268 e. The van der Waals surface area contributed by atoms with E-state index in [-0.39, 0.29) is 11.4 Å². The molecule has 1 aromatic carbocycles. The highest BCUT2D eigenvalue weighted by atomic mass is 79.9. The van der Waals surface area contributed by atoms with Gasteiger partial charge in [0.15, 0.2) is 5.16 Å². The van der Waals surface area contributed by atoms with E-state index in [0.29, 0.717) is 16.5 Å². The van der Waals surface area contributed by atoms with Crippen LogP contribution in [0.5, 0.6) is 0 Å². The molecule has 0 bridgehead atoms. The molecule has 0 amide bonds. The van der Waals surface area contributed by atoms with Crippen molar-refractivity contribution in [3.05, 3.63) is 41.5 Å². The summed E-state index contributed by atoms with van der Waals surface area (Å²) in [6.07, 6.45) is 4.79. The SMILES string of the molecule is C=CCN1c2cc(Br)ccc2-c2nc(SC)ncc2S1(=O)=O. The van der Waals surface area contributed by atoms with Crippen LogP contribution in [0.4, 0.5) is 5.69 Å². The number of anilines is 1. The molecule has 0 radical (unpaired) electrons. The van der Waals surface area contributed by atoms with Gasteiger partial charge in [0.1, 0.15) is 4.90 Å². The number of sulfonamides is 1. The first-order chi connectivity index (χ1) is 10.5. The molecule has 0 N–H and O–H groups in total. The van der Waals surface area contributed by atoms with E-state index < -0.39 is 10.0 Å². The standard InChI is InChI=1S/C14H12BrN3O2S2/c1-3-6-18-11-7-9(15)4-5-10(11)13-12(22(18,19)20)8-16-14(17-13)21-2/h3-5,7-8H,1,6H2,2H3. The van der Waals surface area contributed by atoms with Crippen LogP contribution >= 0.6 is 27.7 Å². The van der Waals surface area contributed by atoms with Crippen molar-refractivity contribution in [2.45, 2.75) is 10.1 Å². The van der Waals surface area contributed by atoms with Crippen LogP contribution in [0.3, 0.4) is 0 Å². The second-order valence-electron chi connectivity index (χ2n) is 4.56. The fourth-order valence-corrected chi connectivity index (χ4v) is 4.53. The van der Waals surface area contributed by atoms with Crippen molar-refractivity contribution in [1.82, 2.24) is 9.97 Å². The van der Waals surface area contributed by atoms with Crippen LogP contribution in [0.2, 0.25) is 0 Å². The van der Waals surface area contributed by atoms with Gasteiger partial charge in [-0.3, -0.25) is 4.31 Å². The van der Waals surface area contributed by atoms with Crippen LogP contribution in [0.25, 0.3) is 11.3 Å². The molecule has 114 valence electrons. The molecule has 2 heterocycles. The topological polar surface area (TPSA) is 63.2 Å². The highest BCUT2D eigenvalue weighted by Gasteiger charge is 2.36. The van der Waals surface area contributed by atoms with E-state index in [1.165, 1.54) is 22.3 Å². The van der Waals surface area contributed by atoms with E-state index in [1.54, 1.807) is 12.1 Å². The first-order valence-electron chi connectivity index (χ1n) is 6.33. The molecule has 0 atom stereocenters. The summed E-state index contributed by atoms with van der Waals surface area (Å²) in [5.41, 5.74) is 1.81. The smallest absolute Gasteiger partial charge is 0.262 e. The van der Waals surface area contributed by atoms with E-state index in [0.717, 1.165) is 10.0 Å². The van der Waals surface area contributed by atoms with Crippen LogP contribution in [0, 0.1) is 0 Å².